The standard InChI is InChI=1S/C23H17ClN2O4/c1-3-17(27)30-13-26-21(15-9-11-16(24)12-10-15)19-18(23(26)29)20(25(2)22(19)28)14-7-5-4-6-8-14/h3-12H,1,13H2,2H3. The van der Waals surface area contributed by atoms with Gasteiger partial charge in [-0.3, -0.25) is 14.5 Å². The normalized spacial score (nSPS) is 15.8. The summed E-state index contributed by atoms with van der Waals surface area (Å²) in [5, 5.41) is 0.522. The van der Waals surface area contributed by atoms with Crippen LogP contribution in [0.1, 0.15) is 11.1 Å². The molecule has 7 heteroatoms. The molecule has 2 aliphatic heterocycles. The third kappa shape index (κ3) is 3.11. The monoisotopic (exact) mass is 420 g/mol. The molecule has 0 unspecified atom stereocenters. The topological polar surface area (TPSA) is 66.9 Å². The van der Waals surface area contributed by atoms with Gasteiger partial charge in [-0.05, 0) is 23.3 Å². The predicted octanol–water partition coefficient (Wildman–Crippen LogP) is 3.46. The lowest BCUT2D eigenvalue weighted by Gasteiger charge is -2.23. The van der Waals surface area contributed by atoms with Crippen molar-refractivity contribution >= 4 is 40.8 Å². The zero-order valence-electron chi connectivity index (χ0n) is 16.1. The van der Waals surface area contributed by atoms with Crippen LogP contribution >= 0.6 is 11.6 Å². The Morgan fingerprint density at radius 3 is 2.20 bits per heavy atom. The lowest BCUT2D eigenvalue weighted by atomic mass is 10.0. The number of benzene rings is 2. The van der Waals surface area contributed by atoms with Crippen molar-refractivity contribution in [3.05, 3.63) is 94.5 Å². The quantitative estimate of drug-likeness (QED) is 0.548. The molecule has 0 fully saturated rings. The fraction of sp³-hybridized carbons (Fsp3) is 0.0870. The highest BCUT2D eigenvalue weighted by atomic mass is 35.5. The SMILES string of the molecule is C=CC(=O)OCN1C(=O)C2=C(c3ccccc3)N(C)C(=O)C2=C1c1ccc(Cl)cc1. The first-order valence-electron chi connectivity index (χ1n) is 9.13. The van der Waals surface area contributed by atoms with Crippen molar-refractivity contribution in [3.63, 3.8) is 0 Å². The molecular formula is C23H17ClN2O4. The van der Waals surface area contributed by atoms with Gasteiger partial charge in [0.15, 0.2) is 6.73 Å². The van der Waals surface area contributed by atoms with Gasteiger partial charge in [0.2, 0.25) is 0 Å². The molecule has 30 heavy (non-hydrogen) atoms. The maximum absolute atomic E-state index is 13.4. The van der Waals surface area contributed by atoms with E-state index < -0.39 is 11.9 Å². The van der Waals surface area contributed by atoms with E-state index in [0.717, 1.165) is 11.6 Å². The number of carbonyl (C=O) groups is 3. The molecule has 6 nitrogen and oxygen atoms in total. The van der Waals surface area contributed by atoms with Crippen molar-refractivity contribution in [2.45, 2.75) is 0 Å². The number of hydrogen-bond donors (Lipinski definition) is 0. The van der Waals surface area contributed by atoms with E-state index >= 15 is 0 Å². The molecule has 0 aromatic heterocycles. The van der Waals surface area contributed by atoms with E-state index in [9.17, 15) is 14.4 Å². The Hall–Kier alpha value is -3.64. The summed E-state index contributed by atoms with van der Waals surface area (Å²) in [6, 6.07) is 16.0. The lowest BCUT2D eigenvalue weighted by Crippen LogP contribution is -2.31. The van der Waals surface area contributed by atoms with E-state index in [0.29, 0.717) is 22.0 Å². The van der Waals surface area contributed by atoms with Crippen LogP contribution in [0.5, 0.6) is 0 Å². The smallest absolute Gasteiger partial charge is 0.331 e. The van der Waals surface area contributed by atoms with Crippen LogP contribution < -0.4 is 0 Å². The average Bonchev–Trinajstić information content (AvgIpc) is 3.19. The summed E-state index contributed by atoms with van der Waals surface area (Å²) >= 11 is 6.01. The van der Waals surface area contributed by atoms with Crippen molar-refractivity contribution in [2.75, 3.05) is 13.8 Å². The molecule has 0 N–H and O–H groups in total. The first-order chi connectivity index (χ1) is 14.4. The maximum Gasteiger partial charge on any atom is 0.331 e. The second-order valence-corrected chi connectivity index (χ2v) is 7.15. The van der Waals surface area contributed by atoms with Crippen LogP contribution in [0.25, 0.3) is 11.4 Å². The third-order valence-corrected chi connectivity index (χ3v) is 5.23. The summed E-state index contributed by atoms with van der Waals surface area (Å²) in [5.74, 6) is -1.39. The van der Waals surface area contributed by atoms with Crippen LogP contribution in [0.4, 0.5) is 0 Å². The zero-order chi connectivity index (χ0) is 21.4. The summed E-state index contributed by atoms with van der Waals surface area (Å²) in [4.78, 5) is 41.0. The highest BCUT2D eigenvalue weighted by molar-refractivity contribution is 6.31. The Bertz CT molecular complexity index is 1130. The number of rotatable bonds is 5. The molecule has 0 atom stereocenters. The molecule has 150 valence electrons. The molecule has 2 aliphatic rings. The second kappa shape index (κ2) is 7.65. The Kier molecular flexibility index (Phi) is 5.01. The third-order valence-electron chi connectivity index (χ3n) is 4.97. The Labute approximate surface area is 178 Å². The number of carbonyl (C=O) groups excluding carboxylic acids is 3. The van der Waals surface area contributed by atoms with Gasteiger partial charge in [0.25, 0.3) is 11.8 Å². The van der Waals surface area contributed by atoms with E-state index in [1.807, 2.05) is 30.3 Å². The predicted molar refractivity (Wildman–Crippen MR) is 113 cm³/mol. The molecule has 0 spiro atoms. The Balaban J connectivity index is 1.92. The van der Waals surface area contributed by atoms with Crippen LogP contribution in [0, 0.1) is 0 Å². The van der Waals surface area contributed by atoms with E-state index in [4.69, 9.17) is 16.3 Å². The van der Waals surface area contributed by atoms with Gasteiger partial charge in [-0.2, -0.15) is 0 Å². The number of likely N-dealkylation sites (N-methyl/N-ethyl adjacent to an activating group) is 1. The molecule has 0 bridgehead atoms. The van der Waals surface area contributed by atoms with Crippen molar-refractivity contribution in [2.24, 2.45) is 0 Å². The second-order valence-electron chi connectivity index (χ2n) is 6.71. The molecule has 0 saturated carbocycles. The molecule has 0 radical (unpaired) electrons. The number of amides is 2. The molecule has 0 saturated heterocycles. The van der Waals surface area contributed by atoms with Gasteiger partial charge in [-0.1, -0.05) is 60.6 Å². The minimum absolute atomic E-state index is 0.276. The fourth-order valence-corrected chi connectivity index (χ4v) is 3.74. The number of esters is 1. The fourth-order valence-electron chi connectivity index (χ4n) is 3.61. The Morgan fingerprint density at radius 2 is 1.57 bits per heavy atom. The maximum atomic E-state index is 13.4. The summed E-state index contributed by atoms with van der Waals surface area (Å²) in [6.07, 6.45) is 1.02. The highest BCUT2D eigenvalue weighted by Gasteiger charge is 2.48. The minimum atomic E-state index is -0.666. The minimum Gasteiger partial charge on any atom is -0.441 e. The molecule has 2 amide bonds. The van der Waals surface area contributed by atoms with Crippen molar-refractivity contribution in [3.8, 4) is 0 Å². The van der Waals surface area contributed by atoms with E-state index in [2.05, 4.69) is 6.58 Å². The molecule has 2 aromatic carbocycles. The lowest BCUT2D eigenvalue weighted by molar-refractivity contribution is -0.143. The van der Waals surface area contributed by atoms with E-state index in [1.54, 1.807) is 31.3 Å². The molecule has 4 rings (SSSR count). The highest BCUT2D eigenvalue weighted by Crippen LogP contribution is 2.45. The number of nitrogens with zero attached hydrogens (tertiary/aromatic N) is 2. The van der Waals surface area contributed by atoms with Gasteiger partial charge < -0.3 is 9.64 Å². The summed E-state index contributed by atoms with van der Waals surface area (Å²) in [6.45, 7) is 3.03. The van der Waals surface area contributed by atoms with Crippen molar-refractivity contribution in [1.29, 1.82) is 0 Å². The molecular weight excluding hydrogens is 404 g/mol. The van der Waals surface area contributed by atoms with Gasteiger partial charge in [0.1, 0.15) is 0 Å². The first kappa shape index (κ1) is 19.7. The number of halogens is 1. The molecule has 0 aliphatic carbocycles. The van der Waals surface area contributed by atoms with Crippen molar-refractivity contribution in [1.82, 2.24) is 9.80 Å². The Morgan fingerprint density at radius 1 is 0.967 bits per heavy atom. The first-order valence-corrected chi connectivity index (χ1v) is 9.51. The largest absolute Gasteiger partial charge is 0.441 e. The average molecular weight is 421 g/mol. The van der Waals surface area contributed by atoms with Gasteiger partial charge in [-0.15, -0.1) is 0 Å². The van der Waals surface area contributed by atoms with Crippen LogP contribution in [-0.4, -0.2) is 41.4 Å². The van der Waals surface area contributed by atoms with Crippen LogP contribution in [0.3, 0.4) is 0 Å². The summed E-state index contributed by atoms with van der Waals surface area (Å²) in [7, 11) is 1.64. The number of hydrogen-bond acceptors (Lipinski definition) is 4. The molecule has 2 aromatic rings. The van der Waals surface area contributed by atoms with Gasteiger partial charge >= 0.3 is 5.97 Å². The number of ether oxygens (including phenoxy) is 1. The van der Waals surface area contributed by atoms with E-state index in [1.165, 1.54) is 9.80 Å². The molecule has 2 heterocycles. The van der Waals surface area contributed by atoms with Crippen molar-refractivity contribution < 1.29 is 19.1 Å². The van der Waals surface area contributed by atoms with Gasteiger partial charge in [0, 0.05) is 18.1 Å². The van der Waals surface area contributed by atoms with Crippen LogP contribution in [-0.2, 0) is 19.1 Å². The summed E-state index contributed by atoms with van der Waals surface area (Å²) < 4.78 is 5.13. The van der Waals surface area contributed by atoms with Gasteiger partial charge in [0.05, 0.1) is 22.5 Å². The summed E-state index contributed by atoms with van der Waals surface area (Å²) in [5.41, 5.74) is 2.82. The van der Waals surface area contributed by atoms with Crippen LogP contribution in [0.15, 0.2) is 78.4 Å². The van der Waals surface area contributed by atoms with Gasteiger partial charge in [-0.25, -0.2) is 4.79 Å². The van der Waals surface area contributed by atoms with Crippen LogP contribution in [0.2, 0.25) is 5.02 Å². The zero-order valence-corrected chi connectivity index (χ0v) is 16.8. The number of fused-ring (bicyclic) bond motifs is 1. The van der Waals surface area contributed by atoms with E-state index in [-0.39, 0.29) is 23.8 Å².